The molecule has 13 heavy (non-hydrogen) atoms. The van der Waals surface area contributed by atoms with Gasteiger partial charge in [0.05, 0.1) is 11.6 Å². The van der Waals surface area contributed by atoms with E-state index in [1.54, 1.807) is 6.07 Å². The fraction of sp³-hybridized carbons (Fsp3) is 0.333. The van der Waals surface area contributed by atoms with Crippen molar-refractivity contribution >= 4 is 15.9 Å². The van der Waals surface area contributed by atoms with Crippen molar-refractivity contribution in [2.45, 2.75) is 6.42 Å². The van der Waals surface area contributed by atoms with E-state index in [4.69, 9.17) is 10.5 Å². The minimum absolute atomic E-state index is 0.273. The van der Waals surface area contributed by atoms with Crippen molar-refractivity contribution in [2.75, 3.05) is 13.7 Å². The van der Waals surface area contributed by atoms with Gasteiger partial charge in [-0.2, -0.15) is 0 Å². The molecule has 0 fully saturated rings. The van der Waals surface area contributed by atoms with Gasteiger partial charge < -0.3 is 10.5 Å². The molecule has 1 aromatic carbocycles. The number of halogens is 2. The Morgan fingerprint density at radius 3 is 2.77 bits per heavy atom. The lowest BCUT2D eigenvalue weighted by Gasteiger charge is -2.06. The van der Waals surface area contributed by atoms with E-state index >= 15 is 0 Å². The van der Waals surface area contributed by atoms with E-state index in [9.17, 15) is 4.39 Å². The zero-order valence-electron chi connectivity index (χ0n) is 7.31. The third-order valence-electron chi connectivity index (χ3n) is 1.73. The molecule has 0 aliphatic carbocycles. The highest BCUT2D eigenvalue weighted by Gasteiger charge is 2.07. The predicted octanol–water partition coefficient (Wildman–Crippen LogP) is 2.10. The highest BCUT2D eigenvalue weighted by molar-refractivity contribution is 9.10. The summed E-state index contributed by atoms with van der Waals surface area (Å²) in [6, 6.07) is 3.05. The lowest BCUT2D eigenvalue weighted by molar-refractivity contribution is 0.408. The van der Waals surface area contributed by atoms with E-state index in [0.717, 1.165) is 4.47 Å². The van der Waals surface area contributed by atoms with E-state index in [1.165, 1.54) is 13.2 Å². The summed E-state index contributed by atoms with van der Waals surface area (Å²) < 4.78 is 18.9. The first kappa shape index (κ1) is 10.5. The van der Waals surface area contributed by atoms with Crippen LogP contribution in [0.2, 0.25) is 0 Å². The summed E-state index contributed by atoms with van der Waals surface area (Å²) >= 11 is 3.28. The van der Waals surface area contributed by atoms with Gasteiger partial charge in [0, 0.05) is 6.07 Å². The van der Waals surface area contributed by atoms with Crippen molar-refractivity contribution in [3.63, 3.8) is 0 Å². The van der Waals surface area contributed by atoms with Crippen LogP contribution in [0.15, 0.2) is 16.6 Å². The summed E-state index contributed by atoms with van der Waals surface area (Å²) in [5.41, 5.74) is 5.94. The maximum absolute atomic E-state index is 13.2. The molecule has 72 valence electrons. The number of hydrogen-bond donors (Lipinski definition) is 1. The average Bonchev–Trinajstić information content (AvgIpc) is 2.11. The molecule has 1 aromatic rings. The molecular weight excluding hydrogens is 237 g/mol. The minimum Gasteiger partial charge on any atom is -0.495 e. The van der Waals surface area contributed by atoms with Crippen LogP contribution in [0.4, 0.5) is 4.39 Å². The van der Waals surface area contributed by atoms with E-state index < -0.39 is 0 Å². The third kappa shape index (κ3) is 2.42. The first-order chi connectivity index (χ1) is 6.19. The lowest BCUT2D eigenvalue weighted by Crippen LogP contribution is -2.04. The van der Waals surface area contributed by atoms with Crippen molar-refractivity contribution < 1.29 is 9.13 Å². The van der Waals surface area contributed by atoms with Gasteiger partial charge in [0.1, 0.15) is 11.6 Å². The molecular formula is C9H11BrFNO. The Kier molecular flexibility index (Phi) is 3.69. The summed E-state index contributed by atoms with van der Waals surface area (Å²) in [6.07, 6.45) is 0.536. The Hall–Kier alpha value is -0.610. The Morgan fingerprint density at radius 2 is 2.23 bits per heavy atom. The smallest absolute Gasteiger partial charge is 0.135 e. The SMILES string of the molecule is COc1cc(F)c(CCN)cc1Br. The average molecular weight is 248 g/mol. The van der Waals surface area contributed by atoms with Gasteiger partial charge in [0.2, 0.25) is 0 Å². The number of rotatable bonds is 3. The topological polar surface area (TPSA) is 35.2 Å². The standard InChI is InChI=1S/C9H11BrFNO/c1-13-9-5-8(11)6(2-3-12)4-7(9)10/h4-5H,2-3,12H2,1H3. The number of ether oxygens (including phenoxy) is 1. The third-order valence-corrected chi connectivity index (χ3v) is 2.35. The molecule has 0 aliphatic rings. The van der Waals surface area contributed by atoms with E-state index in [0.29, 0.717) is 24.3 Å². The molecule has 2 N–H and O–H groups in total. The van der Waals surface area contributed by atoms with Crippen LogP contribution >= 0.6 is 15.9 Å². The van der Waals surface area contributed by atoms with Gasteiger partial charge in [-0.05, 0) is 40.5 Å². The molecule has 0 saturated heterocycles. The Balaban J connectivity index is 3.05. The van der Waals surface area contributed by atoms with Crippen LogP contribution in [-0.2, 0) is 6.42 Å². The van der Waals surface area contributed by atoms with Gasteiger partial charge in [-0.15, -0.1) is 0 Å². The second kappa shape index (κ2) is 4.58. The highest BCUT2D eigenvalue weighted by Crippen LogP contribution is 2.27. The molecule has 0 amide bonds. The molecule has 1 rings (SSSR count). The Morgan fingerprint density at radius 1 is 1.54 bits per heavy atom. The largest absolute Gasteiger partial charge is 0.495 e. The molecule has 0 radical (unpaired) electrons. The fourth-order valence-electron chi connectivity index (χ4n) is 1.07. The van der Waals surface area contributed by atoms with Crippen LogP contribution < -0.4 is 10.5 Å². The normalized spacial score (nSPS) is 10.2. The van der Waals surface area contributed by atoms with Crippen molar-refractivity contribution in [1.82, 2.24) is 0 Å². The van der Waals surface area contributed by atoms with Crippen molar-refractivity contribution in [1.29, 1.82) is 0 Å². The van der Waals surface area contributed by atoms with Crippen LogP contribution in [0, 0.1) is 5.82 Å². The molecule has 0 saturated carbocycles. The Bertz CT molecular complexity index is 304. The van der Waals surface area contributed by atoms with Crippen LogP contribution in [0.25, 0.3) is 0 Å². The number of methoxy groups -OCH3 is 1. The van der Waals surface area contributed by atoms with Crippen LogP contribution in [0.5, 0.6) is 5.75 Å². The minimum atomic E-state index is -0.273. The lowest BCUT2D eigenvalue weighted by atomic mass is 10.1. The zero-order chi connectivity index (χ0) is 9.84. The monoisotopic (exact) mass is 247 g/mol. The van der Waals surface area contributed by atoms with Crippen molar-refractivity contribution in [3.8, 4) is 5.75 Å². The van der Waals surface area contributed by atoms with Crippen molar-refractivity contribution in [2.24, 2.45) is 5.73 Å². The summed E-state index contributed by atoms with van der Waals surface area (Å²) in [6.45, 7) is 0.440. The molecule has 2 nitrogen and oxygen atoms in total. The predicted molar refractivity (Wildman–Crippen MR) is 53.4 cm³/mol. The first-order valence-corrected chi connectivity index (χ1v) is 4.70. The van der Waals surface area contributed by atoms with Gasteiger partial charge in [-0.1, -0.05) is 0 Å². The summed E-state index contributed by atoms with van der Waals surface area (Å²) in [4.78, 5) is 0. The summed E-state index contributed by atoms with van der Waals surface area (Å²) in [7, 11) is 1.50. The number of hydrogen-bond acceptors (Lipinski definition) is 2. The highest BCUT2D eigenvalue weighted by atomic mass is 79.9. The summed E-state index contributed by atoms with van der Waals surface area (Å²) in [5.74, 6) is 0.226. The van der Waals surface area contributed by atoms with Gasteiger partial charge >= 0.3 is 0 Å². The molecule has 0 aromatic heterocycles. The van der Waals surface area contributed by atoms with Crippen LogP contribution in [0.1, 0.15) is 5.56 Å². The Labute approximate surface area is 85.0 Å². The second-order valence-corrected chi connectivity index (χ2v) is 3.47. The quantitative estimate of drug-likeness (QED) is 0.888. The number of benzene rings is 1. The fourth-order valence-corrected chi connectivity index (χ4v) is 1.63. The molecule has 0 atom stereocenters. The first-order valence-electron chi connectivity index (χ1n) is 3.91. The summed E-state index contributed by atoms with van der Waals surface area (Å²) in [5, 5.41) is 0. The van der Waals surface area contributed by atoms with E-state index in [2.05, 4.69) is 15.9 Å². The van der Waals surface area contributed by atoms with E-state index in [-0.39, 0.29) is 5.82 Å². The molecule has 0 unspecified atom stereocenters. The molecule has 0 spiro atoms. The molecule has 0 bridgehead atoms. The molecule has 0 aliphatic heterocycles. The van der Waals surface area contributed by atoms with Gasteiger partial charge in [0.25, 0.3) is 0 Å². The van der Waals surface area contributed by atoms with Crippen LogP contribution in [0.3, 0.4) is 0 Å². The molecule has 4 heteroatoms. The maximum atomic E-state index is 13.2. The van der Waals surface area contributed by atoms with Gasteiger partial charge in [-0.3, -0.25) is 0 Å². The van der Waals surface area contributed by atoms with Crippen LogP contribution in [-0.4, -0.2) is 13.7 Å². The second-order valence-electron chi connectivity index (χ2n) is 2.62. The maximum Gasteiger partial charge on any atom is 0.135 e. The van der Waals surface area contributed by atoms with E-state index in [1.807, 2.05) is 0 Å². The van der Waals surface area contributed by atoms with Gasteiger partial charge in [-0.25, -0.2) is 4.39 Å². The number of nitrogens with two attached hydrogens (primary N) is 1. The van der Waals surface area contributed by atoms with Gasteiger partial charge in [0.15, 0.2) is 0 Å². The molecule has 0 heterocycles. The van der Waals surface area contributed by atoms with Crippen molar-refractivity contribution in [3.05, 3.63) is 28.0 Å². The zero-order valence-corrected chi connectivity index (χ0v) is 8.90.